The highest BCUT2D eigenvalue weighted by atomic mass is 16.5. The van der Waals surface area contributed by atoms with Crippen LogP contribution in [0.1, 0.15) is 40.0 Å². The standard InChI is InChI=1S/C13H22O3/c1-9-6-10(2)8-12(7-9)16-5-4-11(3)13(14)15/h4,9-10,12H,5-8H2,1-3H3,(H,14,15). The predicted octanol–water partition coefficient (Wildman–Crippen LogP) is 2.86. The van der Waals surface area contributed by atoms with Crippen molar-refractivity contribution in [3.05, 3.63) is 11.6 Å². The number of carboxylic acid groups (broad SMARTS) is 1. The van der Waals surface area contributed by atoms with Crippen LogP contribution in [0.5, 0.6) is 0 Å². The van der Waals surface area contributed by atoms with E-state index in [1.54, 1.807) is 13.0 Å². The summed E-state index contributed by atoms with van der Waals surface area (Å²) in [5, 5.41) is 8.68. The van der Waals surface area contributed by atoms with Gasteiger partial charge in [0.2, 0.25) is 0 Å². The van der Waals surface area contributed by atoms with E-state index in [2.05, 4.69) is 13.8 Å². The SMILES string of the molecule is CC(=CCOC1CC(C)CC(C)C1)C(=O)O. The Balaban J connectivity index is 2.32. The van der Waals surface area contributed by atoms with Gasteiger partial charge in [0, 0.05) is 5.57 Å². The lowest BCUT2D eigenvalue weighted by atomic mass is 9.82. The van der Waals surface area contributed by atoms with Gasteiger partial charge in [0.1, 0.15) is 0 Å². The fourth-order valence-corrected chi connectivity index (χ4v) is 2.41. The fraction of sp³-hybridized carbons (Fsp3) is 0.769. The molecule has 92 valence electrons. The third-order valence-electron chi connectivity index (χ3n) is 3.19. The van der Waals surface area contributed by atoms with Gasteiger partial charge in [-0.2, -0.15) is 0 Å². The van der Waals surface area contributed by atoms with Crippen molar-refractivity contribution in [2.45, 2.75) is 46.1 Å². The molecule has 0 radical (unpaired) electrons. The zero-order chi connectivity index (χ0) is 12.1. The van der Waals surface area contributed by atoms with Crippen LogP contribution in [0.2, 0.25) is 0 Å². The first-order valence-corrected chi connectivity index (χ1v) is 6.00. The first kappa shape index (κ1) is 13.2. The Morgan fingerprint density at radius 1 is 1.31 bits per heavy atom. The van der Waals surface area contributed by atoms with E-state index >= 15 is 0 Å². The van der Waals surface area contributed by atoms with Crippen LogP contribution in [0, 0.1) is 11.8 Å². The number of hydrogen-bond donors (Lipinski definition) is 1. The topological polar surface area (TPSA) is 46.5 Å². The Labute approximate surface area is 97.5 Å². The van der Waals surface area contributed by atoms with Crippen LogP contribution in [-0.4, -0.2) is 23.8 Å². The maximum atomic E-state index is 10.6. The Hall–Kier alpha value is -0.830. The van der Waals surface area contributed by atoms with Crippen LogP contribution in [0.15, 0.2) is 11.6 Å². The highest BCUT2D eigenvalue weighted by Crippen LogP contribution is 2.30. The molecule has 1 saturated carbocycles. The molecule has 3 heteroatoms. The van der Waals surface area contributed by atoms with Crippen LogP contribution in [0.25, 0.3) is 0 Å². The zero-order valence-corrected chi connectivity index (χ0v) is 10.4. The van der Waals surface area contributed by atoms with Crippen molar-refractivity contribution in [1.82, 2.24) is 0 Å². The van der Waals surface area contributed by atoms with Crippen molar-refractivity contribution < 1.29 is 14.6 Å². The molecule has 1 aliphatic carbocycles. The Morgan fingerprint density at radius 2 is 1.88 bits per heavy atom. The lowest BCUT2D eigenvalue weighted by Gasteiger charge is -2.31. The minimum Gasteiger partial charge on any atom is -0.478 e. The number of ether oxygens (including phenoxy) is 1. The van der Waals surface area contributed by atoms with E-state index in [0.717, 1.165) is 24.7 Å². The monoisotopic (exact) mass is 226 g/mol. The number of carbonyl (C=O) groups is 1. The molecule has 1 fully saturated rings. The van der Waals surface area contributed by atoms with E-state index in [1.807, 2.05) is 0 Å². The van der Waals surface area contributed by atoms with Crippen LogP contribution in [0.4, 0.5) is 0 Å². The Morgan fingerprint density at radius 3 is 2.38 bits per heavy atom. The van der Waals surface area contributed by atoms with Gasteiger partial charge in [-0.3, -0.25) is 0 Å². The smallest absolute Gasteiger partial charge is 0.331 e. The third kappa shape index (κ3) is 4.35. The van der Waals surface area contributed by atoms with Crippen LogP contribution in [-0.2, 0) is 9.53 Å². The Kier molecular flexibility index (Phi) is 5.00. The molecule has 1 rings (SSSR count). The molecule has 3 nitrogen and oxygen atoms in total. The molecule has 0 heterocycles. The van der Waals surface area contributed by atoms with Crippen molar-refractivity contribution in [2.24, 2.45) is 11.8 Å². The van der Waals surface area contributed by atoms with Gasteiger partial charge in [-0.25, -0.2) is 4.79 Å². The quantitative estimate of drug-likeness (QED) is 0.750. The van der Waals surface area contributed by atoms with E-state index in [0.29, 0.717) is 18.3 Å². The molecular formula is C13H22O3. The highest BCUT2D eigenvalue weighted by Gasteiger charge is 2.23. The largest absolute Gasteiger partial charge is 0.478 e. The number of carboxylic acids is 1. The Bertz CT molecular complexity index is 260. The maximum Gasteiger partial charge on any atom is 0.331 e. The second-order valence-corrected chi connectivity index (χ2v) is 5.07. The molecule has 16 heavy (non-hydrogen) atoms. The van der Waals surface area contributed by atoms with Crippen molar-refractivity contribution in [2.75, 3.05) is 6.61 Å². The second kappa shape index (κ2) is 6.04. The lowest BCUT2D eigenvalue weighted by Crippen LogP contribution is -2.26. The molecule has 0 spiro atoms. The average Bonchev–Trinajstić information content (AvgIpc) is 2.15. The summed E-state index contributed by atoms with van der Waals surface area (Å²) in [6.45, 7) is 6.52. The summed E-state index contributed by atoms with van der Waals surface area (Å²) in [7, 11) is 0. The molecule has 0 aliphatic heterocycles. The normalized spacial score (nSPS) is 31.4. The summed E-state index contributed by atoms with van der Waals surface area (Å²) in [5.41, 5.74) is 0.358. The lowest BCUT2D eigenvalue weighted by molar-refractivity contribution is -0.132. The van der Waals surface area contributed by atoms with Gasteiger partial charge in [0.05, 0.1) is 12.7 Å². The van der Waals surface area contributed by atoms with Crippen LogP contribution >= 0.6 is 0 Å². The van der Waals surface area contributed by atoms with Gasteiger partial charge in [-0.1, -0.05) is 13.8 Å². The van der Waals surface area contributed by atoms with Gasteiger partial charge in [-0.15, -0.1) is 0 Å². The number of aliphatic carboxylic acids is 1. The van der Waals surface area contributed by atoms with Crippen molar-refractivity contribution >= 4 is 5.97 Å². The van der Waals surface area contributed by atoms with Gasteiger partial charge in [0.15, 0.2) is 0 Å². The summed E-state index contributed by atoms with van der Waals surface area (Å²) >= 11 is 0. The van der Waals surface area contributed by atoms with Gasteiger partial charge in [0.25, 0.3) is 0 Å². The highest BCUT2D eigenvalue weighted by molar-refractivity contribution is 5.85. The molecule has 1 N–H and O–H groups in total. The minimum absolute atomic E-state index is 0.302. The first-order chi connectivity index (χ1) is 7.49. The molecule has 1 aliphatic rings. The summed E-state index contributed by atoms with van der Waals surface area (Å²) in [4.78, 5) is 10.6. The summed E-state index contributed by atoms with van der Waals surface area (Å²) < 4.78 is 5.70. The number of rotatable bonds is 4. The second-order valence-electron chi connectivity index (χ2n) is 5.07. The summed E-state index contributed by atoms with van der Waals surface area (Å²) in [6.07, 6.45) is 5.43. The average molecular weight is 226 g/mol. The van der Waals surface area contributed by atoms with Crippen molar-refractivity contribution in [3.8, 4) is 0 Å². The van der Waals surface area contributed by atoms with Gasteiger partial charge >= 0.3 is 5.97 Å². The summed E-state index contributed by atoms with van der Waals surface area (Å²) in [5.74, 6) is 0.575. The van der Waals surface area contributed by atoms with Gasteiger partial charge < -0.3 is 9.84 Å². The third-order valence-corrected chi connectivity index (χ3v) is 3.19. The maximum absolute atomic E-state index is 10.6. The molecule has 2 atom stereocenters. The molecule has 0 saturated heterocycles. The van der Waals surface area contributed by atoms with Crippen molar-refractivity contribution in [3.63, 3.8) is 0 Å². The van der Waals surface area contributed by atoms with Crippen molar-refractivity contribution in [1.29, 1.82) is 0 Å². The van der Waals surface area contributed by atoms with Gasteiger partial charge in [-0.05, 0) is 44.1 Å². The predicted molar refractivity (Wildman–Crippen MR) is 63.3 cm³/mol. The molecule has 0 bridgehead atoms. The fourth-order valence-electron chi connectivity index (χ4n) is 2.41. The molecule has 0 amide bonds. The van der Waals surface area contributed by atoms with Crippen LogP contribution in [0.3, 0.4) is 0 Å². The molecule has 0 aromatic heterocycles. The summed E-state index contributed by atoms with van der Waals surface area (Å²) in [6, 6.07) is 0. The molecule has 0 aromatic rings. The number of hydrogen-bond acceptors (Lipinski definition) is 2. The van der Waals surface area contributed by atoms with E-state index in [9.17, 15) is 4.79 Å². The van der Waals surface area contributed by atoms with E-state index in [-0.39, 0.29) is 0 Å². The molecule has 2 unspecified atom stereocenters. The molecular weight excluding hydrogens is 204 g/mol. The van der Waals surface area contributed by atoms with E-state index < -0.39 is 5.97 Å². The minimum atomic E-state index is -0.867. The van der Waals surface area contributed by atoms with E-state index in [4.69, 9.17) is 9.84 Å². The zero-order valence-electron chi connectivity index (χ0n) is 10.4. The van der Waals surface area contributed by atoms with Crippen LogP contribution < -0.4 is 0 Å². The first-order valence-electron chi connectivity index (χ1n) is 6.00. The van der Waals surface area contributed by atoms with E-state index in [1.165, 1.54) is 6.42 Å². The molecule has 0 aromatic carbocycles.